The molecule has 0 aliphatic heterocycles. The van der Waals surface area contributed by atoms with Gasteiger partial charge in [-0.15, -0.1) is 0 Å². The van der Waals surface area contributed by atoms with E-state index in [2.05, 4.69) is 111 Å². The number of pyridine rings is 1. The minimum atomic E-state index is 0.376. The predicted molar refractivity (Wildman–Crippen MR) is 133 cm³/mol. The Bertz CT molecular complexity index is 1680. The van der Waals surface area contributed by atoms with Crippen molar-refractivity contribution < 1.29 is 8.98 Å². The van der Waals surface area contributed by atoms with Crippen molar-refractivity contribution in [2.75, 3.05) is 0 Å². The topological polar surface area (TPSA) is 21.9 Å². The second-order valence-corrected chi connectivity index (χ2v) is 9.25. The third-order valence-corrected chi connectivity index (χ3v) is 6.81. The van der Waals surface area contributed by atoms with Crippen LogP contribution in [-0.2, 0) is 7.05 Å². The summed E-state index contributed by atoms with van der Waals surface area (Å²) in [5.41, 5.74) is 8.34. The summed E-state index contributed by atoms with van der Waals surface area (Å²) < 4.78 is 11.2. The SMILES string of the molecule is Cc1cc[n+](C)c(-n2c3ccccc3c3c4oc5ccccc5c4c(C(C)C)c(C)c32)c1. The molecule has 0 fully saturated rings. The predicted octanol–water partition coefficient (Wildman–Crippen LogP) is 7.25. The van der Waals surface area contributed by atoms with Crippen molar-refractivity contribution in [3.8, 4) is 5.82 Å². The fraction of sp³-hybridized carbons (Fsp3) is 0.207. The summed E-state index contributed by atoms with van der Waals surface area (Å²) in [6, 6.07) is 21.6. The average molecular weight is 420 g/mol. The van der Waals surface area contributed by atoms with Crippen LogP contribution in [0.2, 0.25) is 0 Å². The molecule has 3 heterocycles. The van der Waals surface area contributed by atoms with Gasteiger partial charge in [0, 0.05) is 27.8 Å². The molecule has 3 heteroatoms. The van der Waals surface area contributed by atoms with Crippen LogP contribution in [0.15, 0.2) is 71.3 Å². The number of aromatic nitrogens is 2. The van der Waals surface area contributed by atoms with Gasteiger partial charge in [0.2, 0.25) is 0 Å². The van der Waals surface area contributed by atoms with Crippen LogP contribution in [0.5, 0.6) is 0 Å². The van der Waals surface area contributed by atoms with Crippen LogP contribution in [0.3, 0.4) is 0 Å². The lowest BCUT2D eigenvalue weighted by Crippen LogP contribution is -2.33. The fourth-order valence-corrected chi connectivity index (χ4v) is 5.47. The summed E-state index contributed by atoms with van der Waals surface area (Å²) in [6.07, 6.45) is 2.14. The summed E-state index contributed by atoms with van der Waals surface area (Å²) in [7, 11) is 2.12. The van der Waals surface area contributed by atoms with Gasteiger partial charge in [0.15, 0.2) is 0 Å². The first-order chi connectivity index (χ1) is 15.5. The van der Waals surface area contributed by atoms with E-state index in [0.29, 0.717) is 5.92 Å². The maximum absolute atomic E-state index is 6.60. The van der Waals surface area contributed by atoms with Crippen LogP contribution in [0, 0.1) is 13.8 Å². The van der Waals surface area contributed by atoms with E-state index in [1.165, 1.54) is 49.3 Å². The summed E-state index contributed by atoms with van der Waals surface area (Å²) in [5.74, 6) is 1.53. The molecule has 0 spiro atoms. The first kappa shape index (κ1) is 19.1. The highest BCUT2D eigenvalue weighted by Crippen LogP contribution is 2.45. The van der Waals surface area contributed by atoms with E-state index in [4.69, 9.17) is 4.42 Å². The van der Waals surface area contributed by atoms with Crippen LogP contribution in [0.4, 0.5) is 0 Å². The largest absolute Gasteiger partial charge is 0.455 e. The second kappa shape index (κ2) is 6.70. The number of aryl methyl sites for hydroxylation is 3. The molecule has 0 radical (unpaired) electrons. The molecule has 0 aliphatic carbocycles. The molecule has 6 rings (SSSR count). The number of rotatable bonds is 2. The van der Waals surface area contributed by atoms with Gasteiger partial charge in [-0.1, -0.05) is 44.2 Å². The van der Waals surface area contributed by atoms with Gasteiger partial charge >= 0.3 is 0 Å². The summed E-state index contributed by atoms with van der Waals surface area (Å²) >= 11 is 0. The molecule has 0 saturated heterocycles. The summed E-state index contributed by atoms with van der Waals surface area (Å²) in [5, 5.41) is 4.90. The molecule has 0 atom stereocenters. The van der Waals surface area contributed by atoms with Gasteiger partial charge in [-0.05, 0) is 55.2 Å². The first-order valence-electron chi connectivity index (χ1n) is 11.3. The Hall–Kier alpha value is -3.59. The molecular weight excluding hydrogens is 392 g/mol. The Labute approximate surface area is 187 Å². The molecule has 0 bridgehead atoms. The number of furan rings is 1. The lowest BCUT2D eigenvalue weighted by molar-refractivity contribution is -0.665. The van der Waals surface area contributed by atoms with Crippen LogP contribution in [0.25, 0.3) is 49.6 Å². The fourth-order valence-electron chi connectivity index (χ4n) is 5.47. The van der Waals surface area contributed by atoms with Crippen LogP contribution >= 0.6 is 0 Å². The number of para-hydroxylation sites is 2. The number of hydrogen-bond acceptors (Lipinski definition) is 1. The maximum atomic E-state index is 6.60. The van der Waals surface area contributed by atoms with Gasteiger partial charge in [-0.2, -0.15) is 4.57 Å². The Morgan fingerprint density at radius 3 is 2.38 bits per heavy atom. The van der Waals surface area contributed by atoms with Crippen LogP contribution in [0.1, 0.15) is 36.5 Å². The third-order valence-electron chi connectivity index (χ3n) is 6.81. The zero-order valence-corrected chi connectivity index (χ0v) is 19.2. The normalized spacial score (nSPS) is 12.2. The molecule has 0 aliphatic rings. The van der Waals surface area contributed by atoms with Gasteiger partial charge in [-0.25, -0.2) is 4.57 Å². The van der Waals surface area contributed by atoms with Crippen LogP contribution < -0.4 is 4.57 Å². The molecule has 158 valence electrons. The van der Waals surface area contributed by atoms with E-state index >= 15 is 0 Å². The molecule has 0 saturated carbocycles. The molecular formula is C29H27N2O+. The lowest BCUT2D eigenvalue weighted by Gasteiger charge is -2.14. The zero-order valence-electron chi connectivity index (χ0n) is 19.2. The van der Waals surface area contributed by atoms with E-state index in [1.54, 1.807) is 0 Å². The van der Waals surface area contributed by atoms with E-state index in [-0.39, 0.29) is 0 Å². The minimum absolute atomic E-state index is 0.376. The lowest BCUT2D eigenvalue weighted by atomic mass is 9.90. The van der Waals surface area contributed by atoms with Crippen molar-refractivity contribution >= 4 is 43.7 Å². The monoisotopic (exact) mass is 419 g/mol. The van der Waals surface area contributed by atoms with Crippen molar-refractivity contribution in [3.05, 3.63) is 83.6 Å². The summed E-state index contributed by atoms with van der Waals surface area (Å²) in [4.78, 5) is 0. The number of benzene rings is 3. The molecule has 3 aromatic heterocycles. The van der Waals surface area contributed by atoms with E-state index in [0.717, 1.165) is 17.0 Å². The zero-order chi connectivity index (χ0) is 22.1. The molecule has 0 N–H and O–H groups in total. The number of nitrogens with zero attached hydrogens (tertiary/aromatic N) is 2. The van der Waals surface area contributed by atoms with Gasteiger partial charge in [0.25, 0.3) is 5.82 Å². The Kier molecular flexibility index (Phi) is 4.00. The standard InChI is InChI=1S/C29H27N2O/c1-17(2)25-19(4)28-27(29-26(25)21-11-7-9-13-23(21)32-29)20-10-6-8-12-22(20)31(28)24-16-18(3)14-15-30(24)5/h6-17H,1-5H3/q+1. The molecule has 3 nitrogen and oxygen atoms in total. The highest BCUT2D eigenvalue weighted by Gasteiger charge is 2.29. The number of fused-ring (bicyclic) bond motifs is 7. The Morgan fingerprint density at radius 2 is 1.59 bits per heavy atom. The third kappa shape index (κ3) is 2.45. The minimum Gasteiger partial charge on any atom is -0.455 e. The van der Waals surface area contributed by atoms with Crippen LogP contribution in [-0.4, -0.2) is 4.57 Å². The molecule has 0 unspecified atom stereocenters. The molecule has 32 heavy (non-hydrogen) atoms. The molecule has 0 amide bonds. The van der Waals surface area contributed by atoms with E-state index in [9.17, 15) is 0 Å². The quantitative estimate of drug-likeness (QED) is 0.271. The van der Waals surface area contributed by atoms with Gasteiger partial charge < -0.3 is 4.42 Å². The Morgan fingerprint density at radius 1 is 0.875 bits per heavy atom. The summed E-state index contributed by atoms with van der Waals surface area (Å²) in [6.45, 7) is 9.01. The van der Waals surface area contributed by atoms with Crippen molar-refractivity contribution in [1.82, 2.24) is 4.57 Å². The highest BCUT2D eigenvalue weighted by molar-refractivity contribution is 6.25. The van der Waals surface area contributed by atoms with Gasteiger partial charge in [-0.3, -0.25) is 0 Å². The van der Waals surface area contributed by atoms with E-state index < -0.39 is 0 Å². The average Bonchev–Trinajstić information content (AvgIpc) is 3.32. The van der Waals surface area contributed by atoms with Crippen molar-refractivity contribution in [1.29, 1.82) is 0 Å². The van der Waals surface area contributed by atoms with Crippen molar-refractivity contribution in [2.24, 2.45) is 7.05 Å². The first-order valence-corrected chi connectivity index (χ1v) is 11.3. The number of hydrogen-bond donors (Lipinski definition) is 0. The second-order valence-electron chi connectivity index (χ2n) is 9.25. The molecule has 3 aromatic carbocycles. The van der Waals surface area contributed by atoms with Gasteiger partial charge in [0.1, 0.15) is 22.2 Å². The molecule has 6 aromatic rings. The van der Waals surface area contributed by atoms with Gasteiger partial charge in [0.05, 0.1) is 18.6 Å². The maximum Gasteiger partial charge on any atom is 0.286 e. The van der Waals surface area contributed by atoms with E-state index in [1.807, 2.05) is 0 Å². The van der Waals surface area contributed by atoms with Crippen molar-refractivity contribution in [3.63, 3.8) is 0 Å². The Balaban J connectivity index is 1.96. The highest BCUT2D eigenvalue weighted by atomic mass is 16.3. The smallest absolute Gasteiger partial charge is 0.286 e. The van der Waals surface area contributed by atoms with Crippen molar-refractivity contribution in [2.45, 2.75) is 33.6 Å².